The summed E-state index contributed by atoms with van der Waals surface area (Å²) in [6.07, 6.45) is 1.58. The summed E-state index contributed by atoms with van der Waals surface area (Å²) in [6, 6.07) is 18.1. The summed E-state index contributed by atoms with van der Waals surface area (Å²) in [5.74, 6) is -0.340. The summed E-state index contributed by atoms with van der Waals surface area (Å²) in [4.78, 5) is 24.6. The number of carbonyl (C=O) groups is 1. The molecule has 0 aliphatic carbocycles. The highest BCUT2D eigenvalue weighted by Crippen LogP contribution is 2.18. The minimum atomic E-state index is -0.705. The Hall–Kier alpha value is -3.65. The summed E-state index contributed by atoms with van der Waals surface area (Å²) in [5, 5.41) is 11.4. The molecule has 0 spiro atoms. The maximum atomic E-state index is 12.6. The van der Waals surface area contributed by atoms with Gasteiger partial charge in [0.05, 0.1) is 12.7 Å². The van der Waals surface area contributed by atoms with E-state index in [1.165, 1.54) is 4.57 Å². The summed E-state index contributed by atoms with van der Waals surface area (Å²) in [6.45, 7) is 0.147. The van der Waals surface area contributed by atoms with Gasteiger partial charge in [0.1, 0.15) is 12.4 Å². The molecule has 0 radical (unpaired) electrons. The summed E-state index contributed by atoms with van der Waals surface area (Å²) in [5.41, 5.74) is 1.55. The quantitative estimate of drug-likeness (QED) is 0.528. The van der Waals surface area contributed by atoms with Gasteiger partial charge in [0.15, 0.2) is 5.82 Å². The van der Waals surface area contributed by atoms with Crippen molar-refractivity contribution in [3.8, 4) is 11.4 Å². The van der Waals surface area contributed by atoms with Gasteiger partial charge in [-0.15, -0.1) is 0 Å². The highest BCUT2D eigenvalue weighted by atomic mass is 35.5. The Morgan fingerprint density at radius 3 is 2.62 bits per heavy atom. The fourth-order valence-electron chi connectivity index (χ4n) is 2.88. The van der Waals surface area contributed by atoms with E-state index in [-0.39, 0.29) is 12.4 Å². The molecule has 0 aliphatic rings. The molecule has 9 heteroatoms. The van der Waals surface area contributed by atoms with Gasteiger partial charge in [-0.25, -0.2) is 14.0 Å². The molecule has 1 amide bonds. The van der Waals surface area contributed by atoms with Gasteiger partial charge in [0.2, 0.25) is 5.91 Å². The van der Waals surface area contributed by atoms with Crippen molar-refractivity contribution >= 4 is 23.3 Å². The zero-order valence-electron chi connectivity index (χ0n) is 15.2. The number of hydrogen-bond acceptors (Lipinski definition) is 5. The number of benzene rings is 2. The Balaban J connectivity index is 1.51. The fourth-order valence-corrected chi connectivity index (χ4v) is 3.08. The lowest BCUT2D eigenvalue weighted by atomic mass is 10.2. The SMILES string of the molecule is O=C(Cn1c(-c2ccccc2)noc1=O)Nc1ccnn1Cc1ccccc1Cl. The molecule has 0 saturated heterocycles. The number of carbonyl (C=O) groups excluding carboxylic acids is 1. The lowest BCUT2D eigenvalue weighted by Crippen LogP contribution is -2.26. The Labute approximate surface area is 170 Å². The Morgan fingerprint density at radius 1 is 1.07 bits per heavy atom. The van der Waals surface area contributed by atoms with Crippen LogP contribution in [0.15, 0.2) is 76.2 Å². The zero-order valence-corrected chi connectivity index (χ0v) is 15.9. The van der Waals surface area contributed by atoms with E-state index in [9.17, 15) is 9.59 Å². The van der Waals surface area contributed by atoms with E-state index in [0.29, 0.717) is 22.9 Å². The molecule has 8 nitrogen and oxygen atoms in total. The van der Waals surface area contributed by atoms with E-state index in [2.05, 4.69) is 15.6 Å². The van der Waals surface area contributed by atoms with Crippen LogP contribution in [0.1, 0.15) is 5.56 Å². The number of aromatic nitrogens is 4. The van der Waals surface area contributed by atoms with Crippen LogP contribution >= 0.6 is 11.6 Å². The molecule has 4 aromatic rings. The average Bonchev–Trinajstić information content (AvgIpc) is 3.31. The van der Waals surface area contributed by atoms with Crippen LogP contribution in [0.25, 0.3) is 11.4 Å². The van der Waals surface area contributed by atoms with Gasteiger partial charge < -0.3 is 5.32 Å². The lowest BCUT2D eigenvalue weighted by molar-refractivity contribution is -0.116. The van der Waals surface area contributed by atoms with Crippen molar-refractivity contribution < 1.29 is 9.32 Å². The third kappa shape index (κ3) is 4.12. The first-order chi connectivity index (χ1) is 14.1. The van der Waals surface area contributed by atoms with Crippen molar-refractivity contribution in [2.45, 2.75) is 13.1 Å². The molecule has 29 heavy (non-hydrogen) atoms. The van der Waals surface area contributed by atoms with Crippen molar-refractivity contribution in [1.82, 2.24) is 19.5 Å². The Bertz CT molecular complexity index is 1200. The molecule has 0 atom stereocenters. The van der Waals surface area contributed by atoms with Crippen LogP contribution < -0.4 is 11.1 Å². The minimum absolute atomic E-state index is 0.246. The fraction of sp³-hybridized carbons (Fsp3) is 0.100. The molecule has 0 saturated carbocycles. The number of halogens is 1. The molecule has 0 unspecified atom stereocenters. The molecule has 4 rings (SSSR count). The first-order valence-corrected chi connectivity index (χ1v) is 9.16. The van der Waals surface area contributed by atoms with Crippen LogP contribution in [0.5, 0.6) is 0 Å². The van der Waals surface area contributed by atoms with E-state index < -0.39 is 11.7 Å². The predicted octanol–water partition coefficient (Wildman–Crippen LogP) is 3.04. The minimum Gasteiger partial charge on any atom is -0.309 e. The van der Waals surface area contributed by atoms with E-state index in [1.807, 2.05) is 36.4 Å². The van der Waals surface area contributed by atoms with E-state index in [1.54, 1.807) is 35.1 Å². The van der Waals surface area contributed by atoms with Crippen LogP contribution in [0.2, 0.25) is 5.02 Å². The van der Waals surface area contributed by atoms with Crippen molar-refractivity contribution in [3.63, 3.8) is 0 Å². The summed E-state index contributed by atoms with van der Waals surface area (Å²) >= 11 is 6.20. The van der Waals surface area contributed by atoms with Crippen LogP contribution in [-0.4, -0.2) is 25.4 Å². The van der Waals surface area contributed by atoms with Crippen LogP contribution in [0.3, 0.4) is 0 Å². The van der Waals surface area contributed by atoms with Gasteiger partial charge in [-0.3, -0.25) is 9.32 Å². The first-order valence-electron chi connectivity index (χ1n) is 8.79. The molecule has 2 aromatic heterocycles. The zero-order chi connectivity index (χ0) is 20.2. The molecule has 2 aromatic carbocycles. The van der Waals surface area contributed by atoms with Crippen molar-refractivity contribution in [2.75, 3.05) is 5.32 Å². The van der Waals surface area contributed by atoms with Crippen molar-refractivity contribution in [3.05, 3.63) is 88.0 Å². The van der Waals surface area contributed by atoms with Gasteiger partial charge in [-0.2, -0.15) is 5.10 Å². The van der Waals surface area contributed by atoms with Crippen LogP contribution in [0, 0.1) is 0 Å². The van der Waals surface area contributed by atoms with Gasteiger partial charge in [0, 0.05) is 16.7 Å². The Kier molecular flexibility index (Phi) is 5.26. The standard InChI is InChI=1S/C20H16ClN5O3/c21-16-9-5-4-8-15(16)12-26-17(10-11-22-26)23-18(27)13-25-19(24-29-20(25)28)14-6-2-1-3-7-14/h1-11H,12-13H2,(H,23,27). The number of rotatable bonds is 6. The molecule has 2 heterocycles. The largest absolute Gasteiger partial charge is 0.442 e. The highest BCUT2D eigenvalue weighted by molar-refractivity contribution is 6.31. The molecular weight excluding hydrogens is 394 g/mol. The van der Waals surface area contributed by atoms with Crippen LogP contribution in [-0.2, 0) is 17.9 Å². The molecule has 1 N–H and O–H groups in total. The van der Waals surface area contributed by atoms with E-state index in [0.717, 1.165) is 5.56 Å². The van der Waals surface area contributed by atoms with E-state index >= 15 is 0 Å². The molecule has 0 bridgehead atoms. The van der Waals surface area contributed by atoms with Gasteiger partial charge in [-0.1, -0.05) is 65.3 Å². The molecular formula is C20H16ClN5O3. The number of anilines is 1. The van der Waals surface area contributed by atoms with Crippen LogP contribution in [0.4, 0.5) is 5.82 Å². The average molecular weight is 410 g/mol. The second kappa shape index (κ2) is 8.15. The molecule has 0 fully saturated rings. The van der Waals surface area contributed by atoms with Crippen molar-refractivity contribution in [2.24, 2.45) is 0 Å². The lowest BCUT2D eigenvalue weighted by Gasteiger charge is -2.10. The number of nitrogens with one attached hydrogen (secondary N) is 1. The topological polar surface area (TPSA) is 94.9 Å². The maximum absolute atomic E-state index is 12.6. The predicted molar refractivity (Wildman–Crippen MR) is 108 cm³/mol. The van der Waals surface area contributed by atoms with Crippen molar-refractivity contribution in [1.29, 1.82) is 0 Å². The normalized spacial score (nSPS) is 10.8. The maximum Gasteiger partial charge on any atom is 0.442 e. The molecule has 0 aliphatic heterocycles. The summed E-state index contributed by atoms with van der Waals surface area (Å²) < 4.78 is 7.55. The molecule has 146 valence electrons. The van der Waals surface area contributed by atoms with Gasteiger partial charge in [-0.05, 0) is 11.6 Å². The smallest absolute Gasteiger partial charge is 0.309 e. The monoisotopic (exact) mass is 409 g/mol. The second-order valence-electron chi connectivity index (χ2n) is 6.24. The highest BCUT2D eigenvalue weighted by Gasteiger charge is 2.17. The van der Waals surface area contributed by atoms with Gasteiger partial charge in [0.25, 0.3) is 0 Å². The summed E-state index contributed by atoms with van der Waals surface area (Å²) in [7, 11) is 0. The van der Waals surface area contributed by atoms with E-state index in [4.69, 9.17) is 16.1 Å². The Morgan fingerprint density at radius 2 is 1.83 bits per heavy atom. The second-order valence-corrected chi connectivity index (χ2v) is 6.65. The first kappa shape index (κ1) is 18.7. The number of nitrogens with zero attached hydrogens (tertiary/aromatic N) is 4. The van der Waals surface area contributed by atoms with Gasteiger partial charge >= 0.3 is 5.76 Å². The third-order valence-corrected chi connectivity index (χ3v) is 4.65. The number of amides is 1. The third-order valence-electron chi connectivity index (χ3n) is 4.28. The number of hydrogen-bond donors (Lipinski definition) is 1.